The second kappa shape index (κ2) is 11.2. The van der Waals surface area contributed by atoms with Gasteiger partial charge in [-0.05, 0) is 82.8 Å². The molecule has 2 heteroatoms. The van der Waals surface area contributed by atoms with Crippen molar-refractivity contribution in [2.75, 3.05) is 9.80 Å². The molecule has 0 amide bonds. The maximum absolute atomic E-state index is 2.50. The summed E-state index contributed by atoms with van der Waals surface area (Å²) in [7, 11) is 0. The highest BCUT2D eigenvalue weighted by atomic mass is 15.2. The van der Waals surface area contributed by atoms with Crippen molar-refractivity contribution in [3.63, 3.8) is 0 Å². The maximum Gasteiger partial charge on any atom is 0.0634 e. The fourth-order valence-electron chi connectivity index (χ4n) is 6.65. The van der Waals surface area contributed by atoms with Crippen molar-refractivity contribution >= 4 is 28.3 Å². The molecule has 210 valence electrons. The second-order valence-corrected chi connectivity index (χ2v) is 11.4. The zero-order valence-electron chi connectivity index (χ0n) is 24.4. The van der Waals surface area contributed by atoms with Gasteiger partial charge in [0.25, 0.3) is 0 Å². The first kappa shape index (κ1) is 26.1. The lowest BCUT2D eigenvalue weighted by molar-refractivity contribution is 0.820. The van der Waals surface area contributed by atoms with Crippen LogP contribution in [0.5, 0.6) is 0 Å². The molecule has 1 aliphatic heterocycles. The first-order chi connectivity index (χ1) is 21.8. The molecule has 0 aromatic heterocycles. The zero-order chi connectivity index (χ0) is 29.3. The molecular weight excluding hydrogens is 532 g/mol. The Balaban J connectivity index is 1.21. The Morgan fingerprint density at radius 2 is 0.955 bits per heavy atom. The van der Waals surface area contributed by atoms with E-state index in [2.05, 4.69) is 186 Å². The average Bonchev–Trinajstić information content (AvgIpc) is 3.44. The average molecular weight is 565 g/mol. The molecule has 1 unspecified atom stereocenters. The number of fused-ring (bicyclic) bond motifs is 3. The van der Waals surface area contributed by atoms with E-state index in [1.165, 1.54) is 50.5 Å². The van der Waals surface area contributed by atoms with Gasteiger partial charge in [0.1, 0.15) is 0 Å². The molecule has 0 radical (unpaired) electrons. The Bertz CT molecular complexity index is 1870. The van der Waals surface area contributed by atoms with Crippen LogP contribution >= 0.6 is 0 Å². The first-order valence-electron chi connectivity index (χ1n) is 15.3. The summed E-state index contributed by atoms with van der Waals surface area (Å²) in [5, 5.41) is 0. The normalized spacial score (nSPS) is 15.2. The first-order valence-corrected chi connectivity index (χ1v) is 15.3. The summed E-state index contributed by atoms with van der Waals surface area (Å²) in [6.07, 6.45) is 5.74. The predicted molar refractivity (Wildman–Crippen MR) is 185 cm³/mol. The molecule has 1 atom stereocenters. The van der Waals surface area contributed by atoms with Crippen molar-refractivity contribution in [1.29, 1.82) is 0 Å². The van der Waals surface area contributed by atoms with Crippen LogP contribution in [0.1, 0.15) is 12.0 Å². The van der Waals surface area contributed by atoms with Crippen LogP contribution < -0.4 is 9.80 Å². The largest absolute Gasteiger partial charge is 0.333 e. The summed E-state index contributed by atoms with van der Waals surface area (Å²) in [5.41, 5.74) is 13.5. The highest BCUT2D eigenvalue weighted by Gasteiger charge is 2.36. The summed E-state index contributed by atoms with van der Waals surface area (Å²) < 4.78 is 0. The molecule has 2 nitrogen and oxygen atoms in total. The van der Waals surface area contributed by atoms with Crippen molar-refractivity contribution in [3.05, 3.63) is 187 Å². The lowest BCUT2D eigenvalue weighted by Crippen LogP contribution is -2.29. The van der Waals surface area contributed by atoms with E-state index in [0.717, 1.165) is 17.8 Å². The number of para-hydroxylation sites is 2. The van der Waals surface area contributed by atoms with Crippen LogP contribution in [0.4, 0.5) is 22.7 Å². The Hall–Kier alpha value is -5.60. The van der Waals surface area contributed by atoms with Crippen LogP contribution in [-0.4, -0.2) is 6.04 Å². The SMILES string of the molecule is C1=C2c3ccccc3N(c3ccccc3)C2CC=C1N(c1ccc(-c2ccccc2)cc1)c1ccc(-c2ccccc2)cc1. The lowest BCUT2D eigenvalue weighted by Gasteiger charge is -2.33. The van der Waals surface area contributed by atoms with E-state index in [1.54, 1.807) is 0 Å². The molecule has 0 saturated carbocycles. The monoisotopic (exact) mass is 564 g/mol. The van der Waals surface area contributed by atoms with Crippen LogP contribution in [0.25, 0.3) is 27.8 Å². The summed E-state index contributed by atoms with van der Waals surface area (Å²) in [6, 6.07) is 59.0. The van der Waals surface area contributed by atoms with Gasteiger partial charge in [-0.2, -0.15) is 0 Å². The van der Waals surface area contributed by atoms with Crippen LogP contribution in [0, 0.1) is 0 Å². The third-order valence-electron chi connectivity index (χ3n) is 8.76. The van der Waals surface area contributed by atoms with E-state index in [4.69, 9.17) is 0 Å². The minimum absolute atomic E-state index is 0.265. The molecule has 8 rings (SSSR count). The summed E-state index contributed by atoms with van der Waals surface area (Å²) in [4.78, 5) is 4.91. The topological polar surface area (TPSA) is 6.48 Å². The van der Waals surface area contributed by atoms with E-state index < -0.39 is 0 Å². The fourth-order valence-corrected chi connectivity index (χ4v) is 6.65. The highest BCUT2D eigenvalue weighted by Crippen LogP contribution is 2.49. The number of hydrogen-bond acceptors (Lipinski definition) is 2. The van der Waals surface area contributed by atoms with E-state index >= 15 is 0 Å². The summed E-state index contributed by atoms with van der Waals surface area (Å²) >= 11 is 0. The highest BCUT2D eigenvalue weighted by molar-refractivity contribution is 5.94. The Morgan fingerprint density at radius 3 is 1.52 bits per heavy atom. The molecule has 44 heavy (non-hydrogen) atoms. The molecular formula is C42H32N2. The zero-order valence-corrected chi connectivity index (χ0v) is 24.4. The van der Waals surface area contributed by atoms with Gasteiger partial charge in [-0.25, -0.2) is 0 Å². The van der Waals surface area contributed by atoms with E-state index in [1.807, 2.05) is 0 Å². The van der Waals surface area contributed by atoms with Gasteiger partial charge in [0.15, 0.2) is 0 Å². The Kier molecular flexibility index (Phi) is 6.66. The van der Waals surface area contributed by atoms with E-state index in [9.17, 15) is 0 Å². The van der Waals surface area contributed by atoms with Gasteiger partial charge in [0.2, 0.25) is 0 Å². The summed E-state index contributed by atoms with van der Waals surface area (Å²) in [6.45, 7) is 0. The molecule has 1 aliphatic carbocycles. The third-order valence-corrected chi connectivity index (χ3v) is 8.76. The van der Waals surface area contributed by atoms with E-state index in [0.29, 0.717) is 0 Å². The number of anilines is 4. The smallest absolute Gasteiger partial charge is 0.0634 e. The molecule has 2 aliphatic rings. The Morgan fingerprint density at radius 1 is 0.477 bits per heavy atom. The minimum Gasteiger partial charge on any atom is -0.333 e. The summed E-state index contributed by atoms with van der Waals surface area (Å²) in [5.74, 6) is 0. The quantitative estimate of drug-likeness (QED) is 0.198. The third kappa shape index (κ3) is 4.71. The van der Waals surface area contributed by atoms with Gasteiger partial charge in [-0.3, -0.25) is 0 Å². The van der Waals surface area contributed by atoms with Crippen molar-refractivity contribution in [3.8, 4) is 22.3 Å². The molecule has 0 N–H and O–H groups in total. The van der Waals surface area contributed by atoms with Crippen LogP contribution in [0.3, 0.4) is 0 Å². The molecule has 6 aromatic rings. The van der Waals surface area contributed by atoms with E-state index in [-0.39, 0.29) is 6.04 Å². The van der Waals surface area contributed by atoms with Gasteiger partial charge < -0.3 is 9.80 Å². The number of rotatable bonds is 6. The number of nitrogens with zero attached hydrogens (tertiary/aromatic N) is 2. The molecule has 0 bridgehead atoms. The molecule has 6 aromatic carbocycles. The predicted octanol–water partition coefficient (Wildman–Crippen LogP) is 11.1. The second-order valence-electron chi connectivity index (χ2n) is 11.4. The molecule has 0 fully saturated rings. The maximum atomic E-state index is 2.50. The molecule has 0 saturated heterocycles. The van der Waals surface area contributed by atoms with Gasteiger partial charge in [0, 0.05) is 34.0 Å². The van der Waals surface area contributed by atoms with Gasteiger partial charge >= 0.3 is 0 Å². The lowest BCUT2D eigenvalue weighted by atomic mass is 9.93. The van der Waals surface area contributed by atoms with Gasteiger partial charge in [-0.15, -0.1) is 0 Å². The van der Waals surface area contributed by atoms with Crippen LogP contribution in [0.2, 0.25) is 0 Å². The number of allylic oxidation sites excluding steroid dienone is 1. The number of benzene rings is 6. The molecule has 1 heterocycles. The van der Waals surface area contributed by atoms with Crippen LogP contribution in [-0.2, 0) is 0 Å². The van der Waals surface area contributed by atoms with Crippen molar-refractivity contribution < 1.29 is 0 Å². The molecule has 0 spiro atoms. The standard InChI is InChI=1S/C42H32N2/c1-4-12-31(13-5-1)33-20-24-36(25-21-33)43(37-26-22-34(23-27-37)32-14-6-2-7-15-32)38-28-29-42-40(30-38)39-18-10-11-19-41(39)44(42)35-16-8-3-9-17-35/h1-28,30,42H,29H2. The Labute approximate surface area is 259 Å². The van der Waals surface area contributed by atoms with Crippen molar-refractivity contribution in [1.82, 2.24) is 0 Å². The number of hydrogen-bond donors (Lipinski definition) is 0. The van der Waals surface area contributed by atoms with Gasteiger partial charge in [-0.1, -0.05) is 127 Å². The van der Waals surface area contributed by atoms with Gasteiger partial charge in [0.05, 0.1) is 6.04 Å². The minimum atomic E-state index is 0.265. The van der Waals surface area contributed by atoms with Crippen LogP contribution in [0.15, 0.2) is 182 Å². The fraction of sp³-hybridized carbons (Fsp3) is 0.0476. The van der Waals surface area contributed by atoms with Crippen molar-refractivity contribution in [2.45, 2.75) is 12.5 Å². The van der Waals surface area contributed by atoms with Crippen molar-refractivity contribution in [2.24, 2.45) is 0 Å².